The Kier molecular flexibility index (Phi) is 4.40. The van der Waals surface area contributed by atoms with Gasteiger partial charge in [-0.25, -0.2) is 4.39 Å². The zero-order chi connectivity index (χ0) is 13.8. The van der Waals surface area contributed by atoms with E-state index in [0.717, 1.165) is 11.6 Å². The Bertz CT molecular complexity index is 614. The summed E-state index contributed by atoms with van der Waals surface area (Å²) in [7, 11) is 0. The maximum atomic E-state index is 12.9. The minimum atomic E-state index is -0.482. The van der Waals surface area contributed by atoms with E-state index in [1.807, 2.05) is 0 Å². The number of carbonyl (C=O) groups excluding carboxylic acids is 1. The molecule has 0 heterocycles. The van der Waals surface area contributed by atoms with Gasteiger partial charge in [0, 0.05) is 0 Å². The summed E-state index contributed by atoms with van der Waals surface area (Å²) in [6.07, 6.45) is 0.549. The van der Waals surface area contributed by atoms with Crippen molar-refractivity contribution in [2.45, 2.75) is 6.61 Å². The Balaban J connectivity index is 2.14. The van der Waals surface area contributed by atoms with Crippen molar-refractivity contribution in [1.82, 2.24) is 0 Å². The summed E-state index contributed by atoms with van der Waals surface area (Å²) in [4.78, 5) is 10.8. The van der Waals surface area contributed by atoms with Crippen LogP contribution in [0.3, 0.4) is 0 Å². The molecule has 2 nitrogen and oxygen atoms in total. The molecule has 0 N–H and O–H groups in total. The monoisotopic (exact) mass is 298 g/mol. The summed E-state index contributed by atoms with van der Waals surface area (Å²) in [5, 5.41) is 0.887. The molecule has 0 saturated carbocycles. The lowest BCUT2D eigenvalue weighted by Gasteiger charge is -2.09. The zero-order valence-electron chi connectivity index (χ0n) is 9.70. The normalized spacial score (nSPS) is 10.3. The van der Waals surface area contributed by atoms with Gasteiger partial charge in [0.05, 0.1) is 15.6 Å². The topological polar surface area (TPSA) is 26.3 Å². The highest BCUT2D eigenvalue weighted by atomic mass is 35.5. The third kappa shape index (κ3) is 3.46. The van der Waals surface area contributed by atoms with Crippen LogP contribution in [-0.2, 0) is 6.61 Å². The number of aldehydes is 1. The van der Waals surface area contributed by atoms with Crippen LogP contribution in [0.1, 0.15) is 15.9 Å². The molecule has 0 bridgehead atoms. The first-order valence-corrected chi connectivity index (χ1v) is 6.17. The van der Waals surface area contributed by atoms with Crippen LogP contribution in [0, 0.1) is 5.82 Å². The number of hydrogen-bond acceptors (Lipinski definition) is 2. The molecule has 0 fully saturated rings. The van der Waals surface area contributed by atoms with Gasteiger partial charge in [-0.2, -0.15) is 0 Å². The Morgan fingerprint density at radius 1 is 1.11 bits per heavy atom. The smallest absolute Gasteiger partial charge is 0.153 e. The summed E-state index contributed by atoms with van der Waals surface area (Å²) in [6.45, 7) is 0.212. The molecule has 19 heavy (non-hydrogen) atoms. The first kappa shape index (κ1) is 13.8. The highest BCUT2D eigenvalue weighted by Gasteiger charge is 2.06. The maximum Gasteiger partial charge on any atom is 0.153 e. The van der Waals surface area contributed by atoms with Crippen LogP contribution in [0.4, 0.5) is 4.39 Å². The van der Waals surface area contributed by atoms with E-state index in [9.17, 15) is 9.18 Å². The molecule has 98 valence electrons. The van der Waals surface area contributed by atoms with Crippen LogP contribution in [0.15, 0.2) is 36.4 Å². The van der Waals surface area contributed by atoms with Gasteiger partial charge in [-0.1, -0.05) is 29.3 Å². The van der Waals surface area contributed by atoms with E-state index in [-0.39, 0.29) is 12.2 Å². The van der Waals surface area contributed by atoms with E-state index in [0.29, 0.717) is 22.1 Å². The third-order valence-electron chi connectivity index (χ3n) is 2.48. The van der Waals surface area contributed by atoms with Crippen LogP contribution in [0.25, 0.3) is 0 Å². The highest BCUT2D eigenvalue weighted by molar-refractivity contribution is 6.42. The summed E-state index contributed by atoms with van der Waals surface area (Å²) < 4.78 is 18.4. The second-order valence-corrected chi connectivity index (χ2v) is 4.65. The lowest BCUT2D eigenvalue weighted by molar-refractivity contribution is 0.111. The minimum Gasteiger partial charge on any atom is -0.488 e. The quantitative estimate of drug-likeness (QED) is 0.776. The van der Waals surface area contributed by atoms with Crippen molar-refractivity contribution in [1.29, 1.82) is 0 Å². The molecule has 0 radical (unpaired) electrons. The molecule has 0 aliphatic carbocycles. The van der Waals surface area contributed by atoms with Gasteiger partial charge in [-0.3, -0.25) is 4.79 Å². The summed E-state index contributed by atoms with van der Waals surface area (Å²) >= 11 is 11.7. The number of hydrogen-bond donors (Lipinski definition) is 0. The second kappa shape index (κ2) is 6.04. The van der Waals surface area contributed by atoms with Gasteiger partial charge in [0.15, 0.2) is 6.29 Å². The zero-order valence-corrected chi connectivity index (χ0v) is 11.2. The van der Waals surface area contributed by atoms with Crippen LogP contribution < -0.4 is 4.74 Å². The van der Waals surface area contributed by atoms with Gasteiger partial charge in [0.1, 0.15) is 18.2 Å². The number of halogens is 3. The van der Waals surface area contributed by atoms with Gasteiger partial charge in [0.25, 0.3) is 0 Å². The van der Waals surface area contributed by atoms with Gasteiger partial charge in [-0.05, 0) is 35.9 Å². The molecular formula is C14H9Cl2FO2. The van der Waals surface area contributed by atoms with Crippen LogP contribution in [-0.4, -0.2) is 6.29 Å². The molecule has 0 spiro atoms. The van der Waals surface area contributed by atoms with Crippen LogP contribution in [0.5, 0.6) is 5.75 Å². The third-order valence-corrected chi connectivity index (χ3v) is 3.22. The fraction of sp³-hybridized carbons (Fsp3) is 0.0714. The van der Waals surface area contributed by atoms with E-state index in [1.165, 1.54) is 12.1 Å². The summed E-state index contributed by atoms with van der Waals surface area (Å²) in [6, 6.07) is 8.87. The minimum absolute atomic E-state index is 0.167. The van der Waals surface area contributed by atoms with Crippen LogP contribution >= 0.6 is 23.2 Å². The number of benzene rings is 2. The van der Waals surface area contributed by atoms with Gasteiger partial charge in [0.2, 0.25) is 0 Å². The van der Waals surface area contributed by atoms with E-state index >= 15 is 0 Å². The first-order valence-electron chi connectivity index (χ1n) is 5.41. The van der Waals surface area contributed by atoms with E-state index in [4.69, 9.17) is 27.9 Å². The SMILES string of the molecule is O=Cc1cc(F)ccc1OCc1ccc(Cl)c(Cl)c1. The average molecular weight is 299 g/mol. The van der Waals surface area contributed by atoms with Gasteiger partial charge < -0.3 is 4.74 Å². The Hall–Kier alpha value is -1.58. The van der Waals surface area contributed by atoms with Crippen molar-refractivity contribution in [2.75, 3.05) is 0 Å². The fourth-order valence-electron chi connectivity index (χ4n) is 1.53. The molecule has 5 heteroatoms. The average Bonchev–Trinajstić information content (AvgIpc) is 2.41. The van der Waals surface area contributed by atoms with Gasteiger partial charge >= 0.3 is 0 Å². The molecule has 0 amide bonds. The Labute approximate surface area is 119 Å². The molecule has 0 aromatic heterocycles. The predicted octanol–water partition coefficient (Wildman–Crippen LogP) is 4.52. The predicted molar refractivity (Wildman–Crippen MR) is 72.6 cm³/mol. The first-order chi connectivity index (χ1) is 9.10. The molecule has 0 unspecified atom stereocenters. The summed E-state index contributed by atoms with van der Waals surface area (Å²) in [5.41, 5.74) is 0.968. The lowest BCUT2D eigenvalue weighted by atomic mass is 10.2. The highest BCUT2D eigenvalue weighted by Crippen LogP contribution is 2.24. The molecule has 0 aliphatic rings. The molecular weight excluding hydrogens is 290 g/mol. The van der Waals surface area contributed by atoms with Crippen molar-refractivity contribution in [3.05, 3.63) is 63.4 Å². The number of rotatable bonds is 4. The molecule has 2 rings (SSSR count). The van der Waals surface area contributed by atoms with Gasteiger partial charge in [-0.15, -0.1) is 0 Å². The molecule has 0 saturated heterocycles. The second-order valence-electron chi connectivity index (χ2n) is 3.84. The van der Waals surface area contributed by atoms with Crippen molar-refractivity contribution in [3.8, 4) is 5.75 Å². The Morgan fingerprint density at radius 2 is 1.89 bits per heavy atom. The number of carbonyl (C=O) groups is 1. The molecule has 2 aromatic rings. The lowest BCUT2D eigenvalue weighted by Crippen LogP contribution is -1.98. The van der Waals surface area contributed by atoms with Crippen molar-refractivity contribution >= 4 is 29.5 Å². The molecule has 0 atom stereocenters. The standard InChI is InChI=1S/C14H9Cl2FO2/c15-12-3-1-9(5-13(12)16)8-19-14-4-2-11(17)6-10(14)7-18/h1-7H,8H2. The van der Waals surface area contributed by atoms with E-state index < -0.39 is 5.82 Å². The fourth-order valence-corrected chi connectivity index (χ4v) is 1.85. The van der Waals surface area contributed by atoms with Crippen LogP contribution in [0.2, 0.25) is 10.0 Å². The van der Waals surface area contributed by atoms with E-state index in [1.54, 1.807) is 18.2 Å². The largest absolute Gasteiger partial charge is 0.488 e. The van der Waals surface area contributed by atoms with E-state index in [2.05, 4.69) is 0 Å². The van der Waals surface area contributed by atoms with Crippen molar-refractivity contribution < 1.29 is 13.9 Å². The van der Waals surface area contributed by atoms with Crippen molar-refractivity contribution in [3.63, 3.8) is 0 Å². The molecule has 0 aliphatic heterocycles. The Morgan fingerprint density at radius 3 is 2.58 bits per heavy atom. The van der Waals surface area contributed by atoms with Crippen molar-refractivity contribution in [2.24, 2.45) is 0 Å². The molecule has 2 aromatic carbocycles. The number of ether oxygens (including phenoxy) is 1. The maximum absolute atomic E-state index is 12.9. The summed E-state index contributed by atoms with van der Waals surface area (Å²) in [5.74, 6) is -0.161.